The molecule has 142 valence electrons. The third kappa shape index (κ3) is 4.08. The molecule has 1 heterocycles. The van der Waals surface area contributed by atoms with Crippen molar-refractivity contribution < 1.29 is 14.3 Å². The largest absolute Gasteiger partial charge is 0.494 e. The monoisotopic (exact) mass is 429 g/mol. The summed E-state index contributed by atoms with van der Waals surface area (Å²) < 4.78 is 6.57. The van der Waals surface area contributed by atoms with Gasteiger partial charge < -0.3 is 9.64 Å². The molecule has 5 heteroatoms. The van der Waals surface area contributed by atoms with Crippen LogP contribution in [0.4, 0.5) is 5.69 Å². The van der Waals surface area contributed by atoms with E-state index in [0.717, 1.165) is 15.8 Å². The number of nitrogens with zero attached hydrogens (tertiary/aromatic N) is 1. The molecule has 4 nitrogen and oxygen atoms in total. The molecular weight excluding hydrogens is 406 g/mol. The van der Waals surface area contributed by atoms with Crippen LogP contribution < -0.4 is 9.64 Å². The van der Waals surface area contributed by atoms with Crippen LogP contribution in [-0.2, 0) is 10.2 Å². The highest BCUT2D eigenvalue weighted by Crippen LogP contribution is 2.37. The number of ketones is 1. The van der Waals surface area contributed by atoms with Gasteiger partial charge in [-0.2, -0.15) is 0 Å². The summed E-state index contributed by atoms with van der Waals surface area (Å²) in [7, 11) is 0. The Kier molecular flexibility index (Phi) is 5.43. The number of aryl methyl sites for hydroxylation is 1. The average Bonchev–Trinajstić information content (AvgIpc) is 2.83. The zero-order chi connectivity index (χ0) is 19.8. The van der Waals surface area contributed by atoms with Crippen molar-refractivity contribution in [2.45, 2.75) is 39.5 Å². The Morgan fingerprint density at radius 3 is 2.37 bits per heavy atom. The SMILES string of the molecule is Cc1cc(Br)c2c(c1)C(=O)C(=O)N2CCCOc1ccc(C(C)(C)C)cc1. The van der Waals surface area contributed by atoms with Crippen molar-refractivity contribution in [3.05, 3.63) is 57.6 Å². The van der Waals surface area contributed by atoms with Gasteiger partial charge >= 0.3 is 0 Å². The lowest BCUT2D eigenvalue weighted by molar-refractivity contribution is -0.114. The lowest BCUT2D eigenvalue weighted by Crippen LogP contribution is -2.31. The third-order valence-corrected chi connectivity index (χ3v) is 5.28. The fraction of sp³-hybridized carbons (Fsp3) is 0.364. The Morgan fingerprint density at radius 2 is 1.74 bits per heavy atom. The Labute approximate surface area is 168 Å². The predicted octanol–water partition coefficient (Wildman–Crippen LogP) is 5.05. The van der Waals surface area contributed by atoms with Crippen molar-refractivity contribution in [3.63, 3.8) is 0 Å². The number of carbonyl (C=O) groups is 2. The molecule has 2 aromatic rings. The van der Waals surface area contributed by atoms with Gasteiger partial charge in [0, 0.05) is 11.0 Å². The summed E-state index contributed by atoms with van der Waals surface area (Å²) in [5.41, 5.74) is 3.47. The maximum atomic E-state index is 12.3. The van der Waals surface area contributed by atoms with E-state index in [-0.39, 0.29) is 5.41 Å². The first kappa shape index (κ1) is 19.6. The van der Waals surface area contributed by atoms with Crippen LogP contribution in [0.3, 0.4) is 0 Å². The molecule has 2 aromatic carbocycles. The first-order valence-electron chi connectivity index (χ1n) is 9.08. The molecule has 0 aliphatic carbocycles. The van der Waals surface area contributed by atoms with E-state index >= 15 is 0 Å². The molecule has 3 rings (SSSR count). The number of anilines is 1. The standard InChI is InChI=1S/C22H24BrNO3/c1-14-12-17-19(18(23)13-14)24(21(26)20(17)25)10-5-11-27-16-8-6-15(7-9-16)22(2,3)4/h6-9,12-13H,5,10-11H2,1-4H3. The Morgan fingerprint density at radius 1 is 1.07 bits per heavy atom. The molecule has 1 aliphatic heterocycles. The molecule has 1 aliphatic rings. The molecule has 0 atom stereocenters. The number of Topliss-reactive ketones (excluding diaryl/α,β-unsaturated/α-hetero) is 1. The Bertz CT molecular complexity index is 882. The smallest absolute Gasteiger partial charge is 0.299 e. The highest BCUT2D eigenvalue weighted by atomic mass is 79.9. The lowest BCUT2D eigenvalue weighted by atomic mass is 9.87. The molecule has 0 spiro atoms. The van der Waals surface area contributed by atoms with E-state index < -0.39 is 11.7 Å². The summed E-state index contributed by atoms with van der Waals surface area (Å²) in [6.45, 7) is 9.35. The van der Waals surface area contributed by atoms with Crippen molar-refractivity contribution in [2.75, 3.05) is 18.1 Å². The minimum atomic E-state index is -0.467. The molecule has 0 saturated heterocycles. The fourth-order valence-electron chi connectivity index (χ4n) is 3.20. The summed E-state index contributed by atoms with van der Waals surface area (Å²) in [6.07, 6.45) is 0.639. The van der Waals surface area contributed by atoms with E-state index in [0.29, 0.717) is 30.8 Å². The van der Waals surface area contributed by atoms with Crippen LogP contribution in [0.25, 0.3) is 0 Å². The second-order valence-electron chi connectivity index (χ2n) is 7.91. The van der Waals surface area contributed by atoms with E-state index in [4.69, 9.17) is 4.74 Å². The molecule has 1 amide bonds. The summed E-state index contributed by atoms with van der Waals surface area (Å²) in [4.78, 5) is 26.1. The predicted molar refractivity (Wildman–Crippen MR) is 111 cm³/mol. The summed E-state index contributed by atoms with van der Waals surface area (Å²) >= 11 is 3.48. The Balaban J connectivity index is 1.60. The van der Waals surface area contributed by atoms with Crippen molar-refractivity contribution in [1.29, 1.82) is 0 Å². The van der Waals surface area contributed by atoms with E-state index in [9.17, 15) is 9.59 Å². The Hall–Kier alpha value is -2.14. The fourth-order valence-corrected chi connectivity index (χ4v) is 3.99. The number of fused-ring (bicyclic) bond motifs is 1. The topological polar surface area (TPSA) is 46.6 Å². The number of carbonyl (C=O) groups excluding carboxylic acids is 2. The molecule has 0 unspecified atom stereocenters. The van der Waals surface area contributed by atoms with Crippen molar-refractivity contribution in [2.24, 2.45) is 0 Å². The van der Waals surface area contributed by atoms with Gasteiger partial charge in [0.05, 0.1) is 17.9 Å². The number of ether oxygens (including phenoxy) is 1. The number of hydrogen-bond acceptors (Lipinski definition) is 3. The molecule has 0 radical (unpaired) electrons. The highest BCUT2D eigenvalue weighted by molar-refractivity contribution is 9.10. The lowest BCUT2D eigenvalue weighted by Gasteiger charge is -2.20. The molecule has 0 aromatic heterocycles. The molecular formula is C22H24BrNO3. The number of benzene rings is 2. The summed E-state index contributed by atoms with van der Waals surface area (Å²) in [5.74, 6) is -0.0945. The molecule has 0 N–H and O–H groups in total. The van der Waals surface area contributed by atoms with Crippen LogP contribution in [-0.4, -0.2) is 24.8 Å². The van der Waals surface area contributed by atoms with Gasteiger partial charge in [-0.3, -0.25) is 9.59 Å². The van der Waals surface area contributed by atoms with Crippen LogP contribution in [0.5, 0.6) is 5.75 Å². The number of amides is 1. The highest BCUT2D eigenvalue weighted by Gasteiger charge is 2.37. The summed E-state index contributed by atoms with van der Waals surface area (Å²) in [5, 5.41) is 0. The molecule has 0 fully saturated rings. The number of rotatable bonds is 5. The third-order valence-electron chi connectivity index (χ3n) is 4.68. The van der Waals surface area contributed by atoms with Gasteiger partial charge in [0.1, 0.15) is 5.75 Å². The number of halogens is 1. The second kappa shape index (κ2) is 7.47. The van der Waals surface area contributed by atoms with E-state index in [1.165, 1.54) is 5.56 Å². The van der Waals surface area contributed by atoms with Gasteiger partial charge in [-0.25, -0.2) is 0 Å². The van der Waals surface area contributed by atoms with E-state index in [1.807, 2.05) is 25.1 Å². The van der Waals surface area contributed by atoms with Crippen LogP contribution in [0.2, 0.25) is 0 Å². The maximum Gasteiger partial charge on any atom is 0.299 e. The zero-order valence-corrected chi connectivity index (χ0v) is 17.7. The van der Waals surface area contributed by atoms with Crippen LogP contribution in [0.1, 0.15) is 48.7 Å². The average molecular weight is 430 g/mol. The molecule has 0 bridgehead atoms. The first-order chi connectivity index (χ1) is 12.7. The first-order valence-corrected chi connectivity index (χ1v) is 9.87. The summed E-state index contributed by atoms with van der Waals surface area (Å²) in [6, 6.07) is 11.8. The van der Waals surface area contributed by atoms with Crippen molar-refractivity contribution in [3.8, 4) is 5.75 Å². The van der Waals surface area contributed by atoms with Crippen molar-refractivity contribution >= 4 is 33.3 Å². The van der Waals surface area contributed by atoms with Gasteiger partial charge in [0.2, 0.25) is 0 Å². The van der Waals surface area contributed by atoms with Gasteiger partial charge in [0.15, 0.2) is 0 Å². The van der Waals surface area contributed by atoms with E-state index in [1.54, 1.807) is 11.0 Å². The van der Waals surface area contributed by atoms with E-state index in [2.05, 4.69) is 48.8 Å². The minimum Gasteiger partial charge on any atom is -0.494 e. The zero-order valence-electron chi connectivity index (χ0n) is 16.1. The second-order valence-corrected chi connectivity index (χ2v) is 8.76. The van der Waals surface area contributed by atoms with Gasteiger partial charge in [-0.05, 0) is 70.1 Å². The van der Waals surface area contributed by atoms with Crippen LogP contribution in [0.15, 0.2) is 40.9 Å². The minimum absolute atomic E-state index is 0.111. The normalized spacial score (nSPS) is 13.9. The van der Waals surface area contributed by atoms with Crippen molar-refractivity contribution in [1.82, 2.24) is 0 Å². The van der Waals surface area contributed by atoms with Gasteiger partial charge in [0.25, 0.3) is 11.7 Å². The van der Waals surface area contributed by atoms with Crippen LogP contribution in [0, 0.1) is 6.92 Å². The van der Waals surface area contributed by atoms with Gasteiger partial charge in [-0.15, -0.1) is 0 Å². The molecule has 0 saturated carbocycles. The quantitative estimate of drug-likeness (QED) is 0.493. The number of hydrogen-bond donors (Lipinski definition) is 0. The molecule has 27 heavy (non-hydrogen) atoms. The van der Waals surface area contributed by atoms with Gasteiger partial charge in [-0.1, -0.05) is 32.9 Å². The maximum absolute atomic E-state index is 12.3. The van der Waals surface area contributed by atoms with Crippen LogP contribution >= 0.6 is 15.9 Å².